The number of halogens is 1. The molecule has 0 N–H and O–H groups in total. The van der Waals surface area contributed by atoms with E-state index in [0.29, 0.717) is 28.5 Å². The number of aromatic nitrogens is 2. The minimum Gasteiger partial charge on any atom is -0.294 e. The fraction of sp³-hybridized carbons (Fsp3) is 0.312. The van der Waals surface area contributed by atoms with E-state index in [4.69, 9.17) is 0 Å². The van der Waals surface area contributed by atoms with Crippen LogP contribution in [-0.2, 0) is 12.2 Å². The maximum atomic E-state index is 13.6. The average molecular weight is 302 g/mol. The maximum absolute atomic E-state index is 13.6. The summed E-state index contributed by atoms with van der Waals surface area (Å²) in [6.45, 7) is 0. The van der Waals surface area contributed by atoms with E-state index in [9.17, 15) is 9.18 Å². The molecule has 3 nitrogen and oxygen atoms in total. The molecule has 2 aromatic rings. The lowest BCUT2D eigenvalue weighted by Gasteiger charge is -2.06. The second-order valence-electron chi connectivity index (χ2n) is 5.00. The third-order valence-electron chi connectivity index (χ3n) is 3.48. The molecule has 0 amide bonds. The number of thioether (sulfide) groups is 1. The molecule has 0 bridgehead atoms. The van der Waals surface area contributed by atoms with Gasteiger partial charge >= 0.3 is 0 Å². The molecule has 0 saturated carbocycles. The minimum atomic E-state index is -0.229. The molecule has 1 heterocycles. The number of ketones is 1. The minimum absolute atomic E-state index is 0.135. The van der Waals surface area contributed by atoms with Gasteiger partial charge in [-0.3, -0.25) is 4.79 Å². The van der Waals surface area contributed by atoms with Crippen LogP contribution in [0, 0.1) is 5.82 Å². The van der Waals surface area contributed by atoms with Crippen LogP contribution in [0.2, 0.25) is 0 Å². The Morgan fingerprint density at radius 1 is 1.19 bits per heavy atom. The molecule has 5 heteroatoms. The third-order valence-corrected chi connectivity index (χ3v) is 4.52. The van der Waals surface area contributed by atoms with Crippen molar-refractivity contribution in [3.63, 3.8) is 0 Å². The Balaban J connectivity index is 1.77. The zero-order valence-corrected chi connectivity index (χ0v) is 12.3. The topological polar surface area (TPSA) is 42.9 Å². The van der Waals surface area contributed by atoms with Crippen LogP contribution in [0.5, 0.6) is 0 Å². The summed E-state index contributed by atoms with van der Waals surface area (Å²) < 4.78 is 13.6. The van der Waals surface area contributed by atoms with Crippen LogP contribution in [0.15, 0.2) is 35.4 Å². The largest absolute Gasteiger partial charge is 0.294 e. The second kappa shape index (κ2) is 6.35. The van der Waals surface area contributed by atoms with Gasteiger partial charge in [-0.2, -0.15) is 0 Å². The molecule has 1 aromatic carbocycles. The molecular formula is C16H15FN2OS. The van der Waals surface area contributed by atoms with Crippen LogP contribution >= 0.6 is 11.8 Å². The number of Topliss-reactive ketones (excluding diaryl/α,β-unsaturated/α-hetero) is 1. The van der Waals surface area contributed by atoms with E-state index in [0.717, 1.165) is 25.0 Å². The highest BCUT2D eigenvalue weighted by Gasteiger charge is 2.17. The van der Waals surface area contributed by atoms with Crippen molar-refractivity contribution < 1.29 is 9.18 Å². The molecule has 0 atom stereocenters. The normalized spacial score (nSPS) is 14.6. The lowest BCUT2D eigenvalue weighted by atomic mass is 10.1. The second-order valence-corrected chi connectivity index (χ2v) is 6.01. The molecule has 0 fully saturated rings. The molecule has 1 aromatic heterocycles. The Morgan fingerprint density at radius 3 is 2.86 bits per heavy atom. The molecule has 3 rings (SSSR count). The van der Waals surface area contributed by atoms with Gasteiger partial charge in [0.15, 0.2) is 5.78 Å². The quantitative estimate of drug-likeness (QED) is 0.638. The van der Waals surface area contributed by atoms with E-state index in [2.05, 4.69) is 9.97 Å². The number of aryl methyl sites for hydroxylation is 1. The van der Waals surface area contributed by atoms with Gasteiger partial charge in [-0.15, -0.1) is 11.8 Å². The van der Waals surface area contributed by atoms with E-state index in [1.165, 1.54) is 17.8 Å². The molecule has 0 unspecified atom stereocenters. The molecule has 1 aliphatic rings. The van der Waals surface area contributed by atoms with Crippen molar-refractivity contribution >= 4 is 17.5 Å². The molecular weight excluding hydrogens is 287 g/mol. The standard InChI is InChI=1S/C16H15FN2OS/c17-12-5-1-4-8-15(12)21-10-16-18-9-11-13(19-16)6-2-3-7-14(11)20/h1,4-5,8-9H,2-3,6-7,10H2. The van der Waals surface area contributed by atoms with E-state index in [1.54, 1.807) is 18.3 Å². The van der Waals surface area contributed by atoms with Crippen molar-refractivity contribution in [1.29, 1.82) is 0 Å². The Morgan fingerprint density at radius 2 is 2.00 bits per heavy atom. The maximum Gasteiger partial charge on any atom is 0.166 e. The summed E-state index contributed by atoms with van der Waals surface area (Å²) >= 11 is 1.37. The zero-order chi connectivity index (χ0) is 14.7. The highest BCUT2D eigenvalue weighted by Crippen LogP contribution is 2.25. The van der Waals surface area contributed by atoms with E-state index in [-0.39, 0.29) is 11.6 Å². The molecule has 0 radical (unpaired) electrons. The van der Waals surface area contributed by atoms with Gasteiger partial charge < -0.3 is 0 Å². The van der Waals surface area contributed by atoms with Gasteiger partial charge in [0.1, 0.15) is 11.6 Å². The lowest BCUT2D eigenvalue weighted by Crippen LogP contribution is -2.06. The van der Waals surface area contributed by atoms with E-state index < -0.39 is 0 Å². The van der Waals surface area contributed by atoms with Gasteiger partial charge in [0.05, 0.1) is 17.0 Å². The van der Waals surface area contributed by atoms with Crippen molar-refractivity contribution in [2.24, 2.45) is 0 Å². The highest BCUT2D eigenvalue weighted by atomic mass is 32.2. The fourth-order valence-corrected chi connectivity index (χ4v) is 3.17. The Hall–Kier alpha value is -1.75. The van der Waals surface area contributed by atoms with Gasteiger partial charge in [0.2, 0.25) is 0 Å². The van der Waals surface area contributed by atoms with E-state index >= 15 is 0 Å². The van der Waals surface area contributed by atoms with Gasteiger partial charge in [-0.05, 0) is 31.4 Å². The molecule has 108 valence electrons. The van der Waals surface area contributed by atoms with E-state index in [1.807, 2.05) is 6.07 Å². The summed E-state index contributed by atoms with van der Waals surface area (Å²) in [5.41, 5.74) is 1.50. The summed E-state index contributed by atoms with van der Waals surface area (Å²) in [7, 11) is 0. The van der Waals surface area contributed by atoms with Crippen molar-refractivity contribution in [3.05, 3.63) is 53.4 Å². The SMILES string of the molecule is O=C1CCCCc2nc(CSc3ccccc3F)ncc21. The molecule has 21 heavy (non-hydrogen) atoms. The smallest absolute Gasteiger partial charge is 0.166 e. The fourth-order valence-electron chi connectivity index (χ4n) is 2.37. The average Bonchev–Trinajstić information content (AvgIpc) is 2.68. The Labute approximate surface area is 127 Å². The first-order chi connectivity index (χ1) is 10.2. The van der Waals surface area contributed by atoms with Crippen LogP contribution in [0.1, 0.15) is 41.1 Å². The monoisotopic (exact) mass is 302 g/mol. The number of carbonyl (C=O) groups is 1. The number of hydrogen-bond acceptors (Lipinski definition) is 4. The summed E-state index contributed by atoms with van der Waals surface area (Å²) in [5.74, 6) is 1.06. The zero-order valence-electron chi connectivity index (χ0n) is 11.5. The van der Waals surface area contributed by atoms with Crippen LogP contribution in [0.25, 0.3) is 0 Å². The predicted molar refractivity (Wildman–Crippen MR) is 79.9 cm³/mol. The van der Waals surface area contributed by atoms with Gasteiger partial charge in [0.25, 0.3) is 0 Å². The number of hydrogen-bond donors (Lipinski definition) is 0. The lowest BCUT2D eigenvalue weighted by molar-refractivity contribution is 0.0981. The highest BCUT2D eigenvalue weighted by molar-refractivity contribution is 7.98. The van der Waals surface area contributed by atoms with Crippen LogP contribution in [0.3, 0.4) is 0 Å². The van der Waals surface area contributed by atoms with Gasteiger partial charge in [0, 0.05) is 17.5 Å². The molecule has 0 spiro atoms. The Kier molecular flexibility index (Phi) is 4.29. The number of nitrogens with zero attached hydrogens (tertiary/aromatic N) is 2. The third kappa shape index (κ3) is 3.29. The first kappa shape index (κ1) is 14.2. The molecule has 1 aliphatic carbocycles. The van der Waals surface area contributed by atoms with Crippen LogP contribution in [0.4, 0.5) is 4.39 Å². The van der Waals surface area contributed by atoms with Crippen LogP contribution < -0.4 is 0 Å². The van der Waals surface area contributed by atoms with Gasteiger partial charge in [-0.25, -0.2) is 14.4 Å². The number of rotatable bonds is 3. The summed E-state index contributed by atoms with van der Waals surface area (Å²) in [4.78, 5) is 21.2. The van der Waals surface area contributed by atoms with Crippen molar-refractivity contribution in [1.82, 2.24) is 9.97 Å². The number of carbonyl (C=O) groups excluding carboxylic acids is 1. The Bertz CT molecular complexity index is 675. The molecule has 0 aliphatic heterocycles. The molecule has 0 saturated heterocycles. The first-order valence-corrected chi connectivity index (χ1v) is 7.98. The number of benzene rings is 1. The van der Waals surface area contributed by atoms with Gasteiger partial charge in [-0.1, -0.05) is 12.1 Å². The summed E-state index contributed by atoms with van der Waals surface area (Å²) in [6, 6.07) is 6.66. The van der Waals surface area contributed by atoms with Crippen molar-refractivity contribution in [3.8, 4) is 0 Å². The van der Waals surface area contributed by atoms with Crippen molar-refractivity contribution in [2.45, 2.75) is 36.3 Å². The van der Waals surface area contributed by atoms with Crippen LogP contribution in [-0.4, -0.2) is 15.8 Å². The first-order valence-electron chi connectivity index (χ1n) is 6.99. The van der Waals surface area contributed by atoms with Crippen molar-refractivity contribution in [2.75, 3.05) is 0 Å². The predicted octanol–water partition coefficient (Wildman–Crippen LogP) is 3.82. The summed E-state index contributed by atoms with van der Waals surface area (Å²) in [5, 5.41) is 0. The summed E-state index contributed by atoms with van der Waals surface area (Å²) in [6.07, 6.45) is 4.93. The number of fused-ring (bicyclic) bond motifs is 1.